The molecule has 1 fully saturated rings. The normalized spacial score (nSPS) is 15.4. The summed E-state index contributed by atoms with van der Waals surface area (Å²) in [6.45, 7) is 3.41. The molecule has 24 heavy (non-hydrogen) atoms. The molecule has 1 saturated heterocycles. The maximum Gasteiger partial charge on any atom is 0.123 e. The van der Waals surface area contributed by atoms with Gasteiger partial charge in [0, 0.05) is 11.1 Å². The van der Waals surface area contributed by atoms with Crippen molar-refractivity contribution in [2.45, 2.75) is 6.92 Å². The van der Waals surface area contributed by atoms with E-state index < -0.39 is 0 Å². The lowest BCUT2D eigenvalue weighted by molar-refractivity contribution is -0.0648. The van der Waals surface area contributed by atoms with Crippen LogP contribution in [0.3, 0.4) is 0 Å². The first kappa shape index (κ1) is 14.7. The zero-order valence-electron chi connectivity index (χ0n) is 13.2. The van der Waals surface area contributed by atoms with Gasteiger partial charge in [0.2, 0.25) is 0 Å². The number of nitrogens with zero attached hydrogens (tertiary/aromatic N) is 1. The van der Waals surface area contributed by atoms with E-state index in [1.54, 1.807) is 18.3 Å². The molecule has 4 nitrogen and oxygen atoms in total. The van der Waals surface area contributed by atoms with Crippen LogP contribution in [0.1, 0.15) is 12.5 Å². The summed E-state index contributed by atoms with van der Waals surface area (Å²) in [5, 5.41) is 11.3. The summed E-state index contributed by atoms with van der Waals surface area (Å²) in [5.41, 5.74) is 3.38. The lowest BCUT2D eigenvalue weighted by Gasteiger charge is -2.32. The molecule has 0 unspecified atom stereocenters. The van der Waals surface area contributed by atoms with Gasteiger partial charge in [-0.1, -0.05) is 11.8 Å². The first-order valence-corrected chi connectivity index (χ1v) is 7.72. The van der Waals surface area contributed by atoms with E-state index in [9.17, 15) is 4.39 Å². The molecule has 0 radical (unpaired) electrons. The summed E-state index contributed by atoms with van der Waals surface area (Å²) in [6.07, 6.45) is 1.77. The van der Waals surface area contributed by atoms with Gasteiger partial charge < -0.3 is 10.1 Å². The first-order chi connectivity index (χ1) is 11.6. The number of hydrogen-bond acceptors (Lipinski definition) is 3. The smallest absolute Gasteiger partial charge is 0.123 e. The third-order valence-corrected chi connectivity index (χ3v) is 4.04. The van der Waals surface area contributed by atoms with E-state index >= 15 is 0 Å². The van der Waals surface area contributed by atoms with Gasteiger partial charge in [-0.15, -0.1) is 0 Å². The minimum atomic E-state index is -0.260. The molecule has 1 aliphatic heterocycles. The number of halogens is 1. The Morgan fingerprint density at radius 3 is 2.75 bits per heavy atom. The van der Waals surface area contributed by atoms with Crippen molar-refractivity contribution in [1.29, 1.82) is 0 Å². The van der Waals surface area contributed by atoms with Crippen LogP contribution in [0.5, 0.6) is 0 Å². The molecule has 2 heterocycles. The van der Waals surface area contributed by atoms with Crippen molar-refractivity contribution < 1.29 is 9.13 Å². The van der Waals surface area contributed by atoms with Crippen LogP contribution in [0.25, 0.3) is 10.9 Å². The number of nitrogens with one attached hydrogen (secondary N) is 2. The minimum Gasteiger partial charge on any atom is -0.378 e. The number of rotatable bonds is 2. The molecule has 1 aliphatic rings. The van der Waals surface area contributed by atoms with Gasteiger partial charge in [-0.2, -0.15) is 5.10 Å². The third-order valence-electron chi connectivity index (χ3n) is 4.04. The quantitative estimate of drug-likeness (QED) is 0.705. The lowest BCUT2D eigenvalue weighted by Crippen LogP contribution is -2.38. The topological polar surface area (TPSA) is 49.9 Å². The van der Waals surface area contributed by atoms with Gasteiger partial charge in [0.25, 0.3) is 0 Å². The molecule has 4 rings (SSSR count). The SMILES string of the molecule is CC1(C#Cc2cc3[nH]ncc3cc2Nc2ccc(F)cc2)COC1. The number of H-pyrrole nitrogens is 1. The van der Waals surface area contributed by atoms with Crippen LogP contribution in [0.4, 0.5) is 15.8 Å². The van der Waals surface area contributed by atoms with E-state index in [0.29, 0.717) is 13.2 Å². The molecule has 0 spiro atoms. The number of hydrogen-bond donors (Lipinski definition) is 2. The van der Waals surface area contributed by atoms with E-state index in [2.05, 4.69) is 34.3 Å². The number of ether oxygens (including phenoxy) is 1. The molecule has 3 aromatic rings. The Labute approximate surface area is 139 Å². The van der Waals surface area contributed by atoms with Gasteiger partial charge in [0.1, 0.15) is 5.82 Å². The van der Waals surface area contributed by atoms with E-state index in [1.807, 2.05) is 12.1 Å². The average Bonchev–Trinajstić information content (AvgIpc) is 3.00. The molecule has 0 aliphatic carbocycles. The summed E-state index contributed by atoms with van der Waals surface area (Å²) in [5.74, 6) is 6.29. The van der Waals surface area contributed by atoms with Crippen LogP contribution in [-0.2, 0) is 4.74 Å². The molecule has 0 bridgehead atoms. The van der Waals surface area contributed by atoms with Crippen molar-refractivity contribution in [3.8, 4) is 11.8 Å². The summed E-state index contributed by atoms with van der Waals surface area (Å²) < 4.78 is 18.3. The largest absolute Gasteiger partial charge is 0.378 e. The Morgan fingerprint density at radius 2 is 2.04 bits per heavy atom. The van der Waals surface area contributed by atoms with E-state index in [1.165, 1.54) is 12.1 Å². The van der Waals surface area contributed by atoms with Gasteiger partial charge in [-0.3, -0.25) is 5.10 Å². The Bertz CT molecular complexity index is 946. The second kappa shape index (κ2) is 5.66. The number of anilines is 2. The first-order valence-electron chi connectivity index (χ1n) is 7.72. The molecule has 0 amide bonds. The van der Waals surface area contributed by atoms with Crippen LogP contribution < -0.4 is 5.32 Å². The maximum atomic E-state index is 13.1. The molecule has 2 N–H and O–H groups in total. The van der Waals surface area contributed by atoms with E-state index in [4.69, 9.17) is 4.74 Å². The summed E-state index contributed by atoms with van der Waals surface area (Å²) in [4.78, 5) is 0. The van der Waals surface area contributed by atoms with Gasteiger partial charge >= 0.3 is 0 Å². The van der Waals surface area contributed by atoms with Crippen molar-refractivity contribution >= 4 is 22.3 Å². The summed E-state index contributed by atoms with van der Waals surface area (Å²) in [6, 6.07) is 10.2. The predicted octanol–water partition coefficient (Wildman–Crippen LogP) is 3.83. The van der Waals surface area contributed by atoms with Crippen LogP contribution in [0.2, 0.25) is 0 Å². The zero-order valence-corrected chi connectivity index (χ0v) is 13.2. The summed E-state index contributed by atoms with van der Waals surface area (Å²) >= 11 is 0. The van der Waals surface area contributed by atoms with Crippen molar-refractivity contribution in [3.63, 3.8) is 0 Å². The van der Waals surface area contributed by atoms with Crippen LogP contribution in [0.15, 0.2) is 42.6 Å². The van der Waals surface area contributed by atoms with Crippen LogP contribution in [0, 0.1) is 23.1 Å². The lowest BCUT2D eigenvalue weighted by atomic mass is 9.89. The predicted molar refractivity (Wildman–Crippen MR) is 91.6 cm³/mol. The standard InChI is InChI=1S/C19H16FN3O/c1-19(11-24-12-19)7-6-13-8-18-14(10-21-23-18)9-17(13)22-16-4-2-15(20)3-5-16/h2-5,8-10,22H,11-12H2,1H3,(H,21,23). The van der Waals surface area contributed by atoms with Gasteiger partial charge in [0.15, 0.2) is 0 Å². The highest BCUT2D eigenvalue weighted by atomic mass is 19.1. The highest BCUT2D eigenvalue weighted by Gasteiger charge is 2.31. The van der Waals surface area contributed by atoms with Crippen LogP contribution in [-0.4, -0.2) is 23.4 Å². The molecular formula is C19H16FN3O. The number of fused-ring (bicyclic) bond motifs is 1. The van der Waals surface area contributed by atoms with Gasteiger partial charge in [0.05, 0.1) is 41.6 Å². The third kappa shape index (κ3) is 2.84. The molecule has 120 valence electrons. The van der Waals surface area contributed by atoms with Gasteiger partial charge in [-0.25, -0.2) is 4.39 Å². The molecule has 1 aromatic heterocycles. The zero-order chi connectivity index (χ0) is 16.6. The fourth-order valence-electron chi connectivity index (χ4n) is 2.59. The molecular weight excluding hydrogens is 305 g/mol. The fourth-order valence-corrected chi connectivity index (χ4v) is 2.59. The Morgan fingerprint density at radius 1 is 1.25 bits per heavy atom. The molecule has 0 saturated carbocycles. The second-order valence-electron chi connectivity index (χ2n) is 6.29. The number of aromatic amines is 1. The van der Waals surface area contributed by atoms with Gasteiger partial charge in [-0.05, 0) is 43.3 Å². The Balaban J connectivity index is 1.74. The molecule has 2 aromatic carbocycles. The van der Waals surface area contributed by atoms with Crippen molar-refractivity contribution in [1.82, 2.24) is 10.2 Å². The van der Waals surface area contributed by atoms with Crippen LogP contribution >= 0.6 is 0 Å². The fraction of sp³-hybridized carbons (Fsp3) is 0.211. The minimum absolute atomic E-state index is 0.0872. The maximum absolute atomic E-state index is 13.1. The van der Waals surface area contributed by atoms with E-state index in [0.717, 1.165) is 27.8 Å². The highest BCUT2D eigenvalue weighted by Crippen LogP contribution is 2.28. The second-order valence-corrected chi connectivity index (χ2v) is 6.29. The molecule has 5 heteroatoms. The molecule has 0 atom stereocenters. The van der Waals surface area contributed by atoms with Crippen molar-refractivity contribution in [3.05, 3.63) is 54.0 Å². The highest BCUT2D eigenvalue weighted by molar-refractivity contribution is 5.86. The summed E-state index contributed by atoms with van der Waals surface area (Å²) in [7, 11) is 0. The number of benzene rings is 2. The Hall–Kier alpha value is -2.84. The number of aromatic nitrogens is 2. The Kier molecular flexibility index (Phi) is 3.47. The van der Waals surface area contributed by atoms with E-state index in [-0.39, 0.29) is 11.2 Å². The van der Waals surface area contributed by atoms with Crippen molar-refractivity contribution in [2.75, 3.05) is 18.5 Å². The monoisotopic (exact) mass is 321 g/mol. The van der Waals surface area contributed by atoms with Crippen molar-refractivity contribution in [2.24, 2.45) is 5.41 Å². The average molecular weight is 321 g/mol.